The SMILES string of the molecule is c1ccc(-c2cc(-c3ccccc3)nc(-c3cccc(-c4cccc5c4c4cc(-c6ccc7c8ccccc8c8ccccc8c7c6)ccc4n5-c4ccccc4)c3)n2)cc1. The number of nitrogens with zero attached hydrogens (tertiary/aromatic N) is 3. The lowest BCUT2D eigenvalue weighted by Gasteiger charge is -2.12. The Bertz CT molecular complexity index is 3530. The van der Waals surface area contributed by atoms with Crippen LogP contribution in [0.5, 0.6) is 0 Å². The maximum absolute atomic E-state index is 5.18. The van der Waals surface area contributed by atoms with Crippen molar-refractivity contribution in [2.45, 2.75) is 0 Å². The molecule has 0 bridgehead atoms. The summed E-state index contributed by atoms with van der Waals surface area (Å²) in [5.41, 5.74) is 13.0. The smallest absolute Gasteiger partial charge is 0.160 e. The maximum Gasteiger partial charge on any atom is 0.160 e. The Morgan fingerprint density at radius 2 is 0.770 bits per heavy atom. The Labute approximate surface area is 353 Å². The first-order chi connectivity index (χ1) is 30.2. The summed E-state index contributed by atoms with van der Waals surface area (Å²) in [5.74, 6) is 0.694. The van der Waals surface area contributed by atoms with Crippen molar-refractivity contribution < 1.29 is 0 Å². The molecule has 0 amide bonds. The van der Waals surface area contributed by atoms with Crippen LogP contribution in [-0.4, -0.2) is 14.5 Å². The average molecular weight is 776 g/mol. The topological polar surface area (TPSA) is 30.7 Å². The second-order valence-corrected chi connectivity index (χ2v) is 15.7. The Kier molecular flexibility index (Phi) is 8.17. The van der Waals surface area contributed by atoms with Crippen LogP contribution in [0.25, 0.3) is 116 Å². The van der Waals surface area contributed by atoms with Gasteiger partial charge in [-0.05, 0) is 103 Å². The standard InChI is InChI=1S/C58H37N3/c1-4-16-38(17-5-1)53-37-54(39-18-6-2-7-19-39)60-58(59-53)43-21-14-20-42(34-43)45-28-15-29-56-57(45)52-36-41(31-33-55(52)61(56)44-22-8-3-9-23-44)40-30-32-50-48-26-11-10-24-46(48)47-25-12-13-27-49(47)51(50)35-40/h1-37H. The molecule has 0 aliphatic carbocycles. The number of fused-ring (bicyclic) bond motifs is 9. The van der Waals surface area contributed by atoms with E-state index < -0.39 is 0 Å². The zero-order valence-electron chi connectivity index (χ0n) is 33.2. The van der Waals surface area contributed by atoms with Gasteiger partial charge in [0, 0.05) is 33.2 Å². The molecule has 2 heterocycles. The van der Waals surface area contributed by atoms with Crippen molar-refractivity contribution in [1.82, 2.24) is 14.5 Å². The van der Waals surface area contributed by atoms with E-state index >= 15 is 0 Å². The van der Waals surface area contributed by atoms with Crippen molar-refractivity contribution in [2.24, 2.45) is 0 Å². The second-order valence-electron chi connectivity index (χ2n) is 15.7. The van der Waals surface area contributed by atoms with Gasteiger partial charge in [-0.2, -0.15) is 0 Å². The van der Waals surface area contributed by atoms with Gasteiger partial charge in [-0.1, -0.05) is 176 Å². The number of aromatic nitrogens is 3. The molecule has 3 heteroatoms. The van der Waals surface area contributed by atoms with Crippen LogP contribution in [0.4, 0.5) is 0 Å². The van der Waals surface area contributed by atoms with Crippen molar-refractivity contribution >= 4 is 54.1 Å². The van der Waals surface area contributed by atoms with E-state index in [2.05, 4.69) is 217 Å². The predicted molar refractivity (Wildman–Crippen MR) is 256 cm³/mol. The molecule has 12 rings (SSSR count). The minimum atomic E-state index is 0.694. The second kappa shape index (κ2) is 14.3. The third-order valence-corrected chi connectivity index (χ3v) is 12.2. The lowest BCUT2D eigenvalue weighted by molar-refractivity contribution is 1.18. The van der Waals surface area contributed by atoms with E-state index in [0.29, 0.717) is 5.82 Å². The monoisotopic (exact) mass is 775 g/mol. The van der Waals surface area contributed by atoms with Gasteiger partial charge in [0.1, 0.15) is 0 Å². The highest BCUT2D eigenvalue weighted by atomic mass is 15.0. The Morgan fingerprint density at radius 3 is 1.41 bits per heavy atom. The van der Waals surface area contributed by atoms with Crippen molar-refractivity contribution in [3.63, 3.8) is 0 Å². The zero-order valence-corrected chi connectivity index (χ0v) is 33.2. The number of benzene rings is 10. The first-order valence-electron chi connectivity index (χ1n) is 20.8. The van der Waals surface area contributed by atoms with E-state index in [4.69, 9.17) is 9.97 Å². The Morgan fingerprint density at radius 1 is 0.279 bits per heavy atom. The van der Waals surface area contributed by atoms with Crippen LogP contribution in [0.15, 0.2) is 224 Å². The molecule has 0 atom stereocenters. The lowest BCUT2D eigenvalue weighted by atomic mass is 9.91. The summed E-state index contributed by atoms with van der Waals surface area (Å²) < 4.78 is 2.40. The van der Waals surface area contributed by atoms with E-state index in [1.54, 1.807) is 0 Å². The third kappa shape index (κ3) is 5.90. The molecule has 2 aromatic heterocycles. The predicted octanol–water partition coefficient (Wildman–Crippen LogP) is 15.4. The molecule has 0 spiro atoms. The summed E-state index contributed by atoms with van der Waals surface area (Å²) in [5, 5.41) is 10.1. The fourth-order valence-electron chi connectivity index (χ4n) is 9.35. The Balaban J connectivity index is 1.06. The van der Waals surface area contributed by atoms with Crippen LogP contribution in [-0.2, 0) is 0 Å². The number of rotatable bonds is 6. The molecule has 0 N–H and O–H groups in total. The third-order valence-electron chi connectivity index (χ3n) is 12.2. The molecule has 284 valence electrons. The summed E-state index contributed by atoms with van der Waals surface area (Å²) in [6.45, 7) is 0. The van der Waals surface area contributed by atoms with Crippen molar-refractivity contribution in [1.29, 1.82) is 0 Å². The summed E-state index contributed by atoms with van der Waals surface area (Å²) in [4.78, 5) is 10.4. The van der Waals surface area contributed by atoms with Crippen LogP contribution >= 0.6 is 0 Å². The molecule has 0 saturated heterocycles. The molecule has 10 aromatic carbocycles. The van der Waals surface area contributed by atoms with E-state index in [0.717, 1.165) is 55.9 Å². The zero-order chi connectivity index (χ0) is 40.3. The maximum atomic E-state index is 5.18. The molecular weight excluding hydrogens is 739 g/mol. The van der Waals surface area contributed by atoms with Crippen LogP contribution in [0, 0.1) is 0 Å². The highest BCUT2D eigenvalue weighted by molar-refractivity contribution is 6.26. The lowest BCUT2D eigenvalue weighted by Crippen LogP contribution is -1.96. The first-order valence-corrected chi connectivity index (χ1v) is 20.8. The molecule has 0 radical (unpaired) electrons. The minimum Gasteiger partial charge on any atom is -0.309 e. The van der Waals surface area contributed by atoms with Gasteiger partial charge in [0.25, 0.3) is 0 Å². The first kappa shape index (κ1) is 34.9. The molecule has 0 saturated carbocycles. The van der Waals surface area contributed by atoms with E-state index in [1.165, 1.54) is 54.2 Å². The fourth-order valence-corrected chi connectivity index (χ4v) is 9.35. The van der Waals surface area contributed by atoms with Gasteiger partial charge < -0.3 is 4.57 Å². The largest absolute Gasteiger partial charge is 0.309 e. The molecule has 3 nitrogen and oxygen atoms in total. The van der Waals surface area contributed by atoms with Crippen molar-refractivity contribution in [3.8, 4) is 61.8 Å². The van der Waals surface area contributed by atoms with Crippen molar-refractivity contribution in [2.75, 3.05) is 0 Å². The molecule has 0 aliphatic heterocycles. The molecule has 0 unspecified atom stereocenters. The molecule has 12 aromatic rings. The summed E-state index contributed by atoms with van der Waals surface area (Å²) in [6.07, 6.45) is 0. The van der Waals surface area contributed by atoms with Crippen LogP contribution in [0.2, 0.25) is 0 Å². The fraction of sp³-hybridized carbons (Fsp3) is 0. The van der Waals surface area contributed by atoms with Gasteiger partial charge >= 0.3 is 0 Å². The molecular formula is C58H37N3. The summed E-state index contributed by atoms with van der Waals surface area (Å²) in [6, 6.07) is 80.5. The van der Waals surface area contributed by atoms with Gasteiger partial charge in [0.2, 0.25) is 0 Å². The summed E-state index contributed by atoms with van der Waals surface area (Å²) in [7, 11) is 0. The van der Waals surface area contributed by atoms with Crippen molar-refractivity contribution in [3.05, 3.63) is 224 Å². The number of hydrogen-bond acceptors (Lipinski definition) is 2. The number of para-hydroxylation sites is 1. The van der Waals surface area contributed by atoms with Gasteiger partial charge in [-0.3, -0.25) is 0 Å². The highest BCUT2D eigenvalue weighted by Crippen LogP contribution is 2.42. The van der Waals surface area contributed by atoms with Crippen LogP contribution in [0.1, 0.15) is 0 Å². The van der Waals surface area contributed by atoms with E-state index in [9.17, 15) is 0 Å². The van der Waals surface area contributed by atoms with E-state index in [-0.39, 0.29) is 0 Å². The molecule has 0 fully saturated rings. The van der Waals surface area contributed by atoms with Crippen LogP contribution in [0.3, 0.4) is 0 Å². The van der Waals surface area contributed by atoms with Gasteiger partial charge in [-0.25, -0.2) is 9.97 Å². The number of hydrogen-bond donors (Lipinski definition) is 0. The van der Waals surface area contributed by atoms with Gasteiger partial charge in [-0.15, -0.1) is 0 Å². The Hall–Kier alpha value is -8.14. The highest BCUT2D eigenvalue weighted by Gasteiger charge is 2.19. The van der Waals surface area contributed by atoms with E-state index in [1.807, 2.05) is 12.1 Å². The molecule has 0 aliphatic rings. The van der Waals surface area contributed by atoms with Gasteiger partial charge in [0.15, 0.2) is 5.82 Å². The quantitative estimate of drug-likeness (QED) is 0.158. The molecule has 61 heavy (non-hydrogen) atoms. The van der Waals surface area contributed by atoms with Crippen LogP contribution < -0.4 is 0 Å². The average Bonchev–Trinajstić information content (AvgIpc) is 3.68. The minimum absolute atomic E-state index is 0.694. The van der Waals surface area contributed by atoms with Gasteiger partial charge in [0.05, 0.1) is 22.4 Å². The summed E-state index contributed by atoms with van der Waals surface area (Å²) >= 11 is 0. The normalized spacial score (nSPS) is 11.6.